The highest BCUT2D eigenvalue weighted by molar-refractivity contribution is 7.86. The Kier molecular flexibility index (Phi) is 3.04. The number of fused-ring (bicyclic) bond motifs is 1. The van der Waals surface area contributed by atoms with Gasteiger partial charge in [-0.05, 0) is 11.6 Å². The zero-order valence-electron chi connectivity index (χ0n) is 7.17. The summed E-state index contributed by atoms with van der Waals surface area (Å²) in [5.74, 6) is 0. The minimum absolute atomic E-state index is 0. The number of hydrogen-bond acceptors (Lipinski definition) is 3. The predicted molar refractivity (Wildman–Crippen MR) is 56.5 cm³/mol. The molecule has 0 aliphatic carbocycles. The lowest BCUT2D eigenvalue weighted by Gasteiger charge is -2.04. The summed E-state index contributed by atoms with van der Waals surface area (Å²) in [6.07, 6.45) is 0. The highest BCUT2D eigenvalue weighted by Crippen LogP contribution is 2.33. The monoisotopic (exact) mass is 235 g/mol. The molecule has 1 heterocycles. The van der Waals surface area contributed by atoms with Gasteiger partial charge in [-0.1, -0.05) is 18.2 Å². The smallest absolute Gasteiger partial charge is 0.273 e. The van der Waals surface area contributed by atoms with Gasteiger partial charge in [0.15, 0.2) is 0 Å². The van der Waals surface area contributed by atoms with Crippen molar-refractivity contribution in [3.63, 3.8) is 0 Å². The van der Waals surface area contributed by atoms with Crippen molar-refractivity contribution in [3.8, 4) is 0 Å². The average Bonchev–Trinajstić information content (AvgIpc) is 2.45. The van der Waals surface area contributed by atoms with E-state index in [1.807, 2.05) is 6.07 Å². The molecule has 0 spiro atoms. The molecule has 0 radical (unpaired) electrons. The standard InChI is InChI=1S/C8H9NO3S.ClH/c10-13(11,12)8-5-9-7-4-2-1-3-6(7)8;/h1-4,8-9H,5H2,(H,10,11,12);1H. The van der Waals surface area contributed by atoms with Crippen LogP contribution in [0.4, 0.5) is 5.69 Å². The average molecular weight is 236 g/mol. The zero-order valence-corrected chi connectivity index (χ0v) is 8.81. The van der Waals surface area contributed by atoms with Crippen LogP contribution in [-0.2, 0) is 10.1 Å². The van der Waals surface area contributed by atoms with Gasteiger partial charge < -0.3 is 5.32 Å². The Morgan fingerprint density at radius 1 is 1.36 bits per heavy atom. The van der Waals surface area contributed by atoms with E-state index in [2.05, 4.69) is 5.32 Å². The molecule has 1 aliphatic rings. The zero-order chi connectivity index (χ0) is 9.47. The van der Waals surface area contributed by atoms with Gasteiger partial charge in [-0.2, -0.15) is 8.42 Å². The van der Waals surface area contributed by atoms with Crippen LogP contribution in [0.15, 0.2) is 24.3 Å². The molecule has 1 unspecified atom stereocenters. The van der Waals surface area contributed by atoms with Crippen molar-refractivity contribution in [2.24, 2.45) is 0 Å². The number of hydrogen-bond donors (Lipinski definition) is 2. The van der Waals surface area contributed by atoms with Crippen LogP contribution >= 0.6 is 12.4 Å². The molecule has 0 amide bonds. The van der Waals surface area contributed by atoms with Crippen molar-refractivity contribution in [2.45, 2.75) is 5.25 Å². The van der Waals surface area contributed by atoms with Gasteiger partial charge in [-0.25, -0.2) is 0 Å². The number of para-hydroxylation sites is 1. The number of anilines is 1. The molecule has 2 rings (SSSR count). The summed E-state index contributed by atoms with van der Waals surface area (Å²) < 4.78 is 30.7. The maximum atomic E-state index is 10.9. The molecule has 0 saturated heterocycles. The molecule has 1 aliphatic heterocycles. The third kappa shape index (κ3) is 1.84. The summed E-state index contributed by atoms with van der Waals surface area (Å²) in [5.41, 5.74) is 1.43. The highest BCUT2D eigenvalue weighted by atomic mass is 35.5. The van der Waals surface area contributed by atoms with E-state index >= 15 is 0 Å². The maximum Gasteiger partial charge on any atom is 0.273 e. The Balaban J connectivity index is 0.000000980. The van der Waals surface area contributed by atoms with Crippen molar-refractivity contribution in [3.05, 3.63) is 29.8 Å². The van der Waals surface area contributed by atoms with Gasteiger partial charge in [0.1, 0.15) is 5.25 Å². The minimum atomic E-state index is -3.98. The van der Waals surface area contributed by atoms with Crippen molar-refractivity contribution in [1.29, 1.82) is 0 Å². The molecular weight excluding hydrogens is 226 g/mol. The van der Waals surface area contributed by atoms with Gasteiger partial charge in [0, 0.05) is 12.2 Å². The van der Waals surface area contributed by atoms with E-state index < -0.39 is 15.4 Å². The lowest BCUT2D eigenvalue weighted by Crippen LogP contribution is -2.13. The Morgan fingerprint density at radius 3 is 2.64 bits per heavy atom. The van der Waals surface area contributed by atoms with E-state index in [1.165, 1.54) is 0 Å². The Labute approximate surface area is 88.5 Å². The van der Waals surface area contributed by atoms with Crippen LogP contribution in [0.2, 0.25) is 0 Å². The minimum Gasteiger partial charge on any atom is -0.383 e. The van der Waals surface area contributed by atoms with Crippen molar-refractivity contribution in [1.82, 2.24) is 0 Å². The summed E-state index contributed by atoms with van der Waals surface area (Å²) in [4.78, 5) is 0. The molecule has 0 aromatic heterocycles. The van der Waals surface area contributed by atoms with Crippen LogP contribution in [0.3, 0.4) is 0 Å². The molecule has 1 atom stereocenters. The van der Waals surface area contributed by atoms with E-state index in [4.69, 9.17) is 4.55 Å². The lowest BCUT2D eigenvalue weighted by molar-refractivity contribution is 0.472. The van der Waals surface area contributed by atoms with Crippen molar-refractivity contribution in [2.75, 3.05) is 11.9 Å². The predicted octanol–water partition coefficient (Wildman–Crippen LogP) is 1.46. The first-order valence-corrected chi connectivity index (χ1v) is 5.38. The largest absolute Gasteiger partial charge is 0.383 e. The lowest BCUT2D eigenvalue weighted by atomic mass is 10.2. The van der Waals surface area contributed by atoms with E-state index in [9.17, 15) is 8.42 Å². The summed E-state index contributed by atoms with van der Waals surface area (Å²) in [7, 11) is -3.98. The molecule has 0 saturated carbocycles. The fraction of sp³-hybridized carbons (Fsp3) is 0.250. The van der Waals surface area contributed by atoms with E-state index in [0.717, 1.165) is 5.69 Å². The molecule has 0 bridgehead atoms. The second-order valence-electron chi connectivity index (χ2n) is 2.97. The Bertz CT molecular complexity index is 432. The SMILES string of the molecule is Cl.O=S(=O)(O)C1CNc2ccccc21. The van der Waals surface area contributed by atoms with Gasteiger partial charge in [0.05, 0.1) is 0 Å². The van der Waals surface area contributed by atoms with Crippen LogP contribution in [0.1, 0.15) is 10.8 Å². The van der Waals surface area contributed by atoms with Crippen LogP contribution in [0.5, 0.6) is 0 Å². The third-order valence-corrected chi connectivity index (χ3v) is 3.28. The van der Waals surface area contributed by atoms with Gasteiger partial charge >= 0.3 is 0 Å². The normalized spacial score (nSPS) is 19.4. The second-order valence-corrected chi connectivity index (χ2v) is 4.57. The molecule has 6 heteroatoms. The quantitative estimate of drug-likeness (QED) is 0.724. The van der Waals surface area contributed by atoms with Crippen LogP contribution < -0.4 is 5.32 Å². The molecule has 1 aromatic rings. The first-order chi connectivity index (χ1) is 6.09. The summed E-state index contributed by atoms with van der Waals surface area (Å²) in [6.45, 7) is 0.248. The van der Waals surface area contributed by atoms with Crippen LogP contribution in [0.25, 0.3) is 0 Å². The van der Waals surface area contributed by atoms with Gasteiger partial charge in [0.2, 0.25) is 0 Å². The Hall–Kier alpha value is -0.780. The van der Waals surface area contributed by atoms with Gasteiger partial charge in [0.25, 0.3) is 10.1 Å². The van der Waals surface area contributed by atoms with Crippen molar-refractivity contribution >= 4 is 28.2 Å². The first-order valence-electron chi connectivity index (χ1n) is 3.88. The number of halogens is 1. The first kappa shape index (κ1) is 11.3. The van der Waals surface area contributed by atoms with E-state index in [-0.39, 0.29) is 19.0 Å². The summed E-state index contributed by atoms with van der Waals surface area (Å²) in [6, 6.07) is 7.07. The summed E-state index contributed by atoms with van der Waals surface area (Å²) in [5, 5.41) is 2.10. The molecule has 0 fully saturated rings. The topological polar surface area (TPSA) is 66.4 Å². The van der Waals surface area contributed by atoms with E-state index in [1.54, 1.807) is 18.2 Å². The fourth-order valence-electron chi connectivity index (χ4n) is 1.52. The molecule has 78 valence electrons. The summed E-state index contributed by atoms with van der Waals surface area (Å²) >= 11 is 0. The van der Waals surface area contributed by atoms with Crippen LogP contribution in [-0.4, -0.2) is 19.5 Å². The molecular formula is C8H10ClNO3S. The van der Waals surface area contributed by atoms with E-state index in [0.29, 0.717) is 5.56 Å². The fourth-order valence-corrected chi connectivity index (χ4v) is 2.34. The molecule has 2 N–H and O–H groups in total. The van der Waals surface area contributed by atoms with Gasteiger partial charge in [-0.3, -0.25) is 4.55 Å². The second kappa shape index (κ2) is 3.76. The molecule has 4 nitrogen and oxygen atoms in total. The Morgan fingerprint density at radius 2 is 2.00 bits per heavy atom. The maximum absolute atomic E-state index is 10.9. The number of benzene rings is 1. The number of rotatable bonds is 1. The molecule has 1 aromatic carbocycles. The highest BCUT2D eigenvalue weighted by Gasteiger charge is 2.31. The molecule has 14 heavy (non-hydrogen) atoms. The van der Waals surface area contributed by atoms with Crippen molar-refractivity contribution < 1.29 is 13.0 Å². The van der Waals surface area contributed by atoms with Gasteiger partial charge in [-0.15, -0.1) is 12.4 Å². The van der Waals surface area contributed by atoms with Crippen LogP contribution in [0, 0.1) is 0 Å². The third-order valence-electron chi connectivity index (χ3n) is 2.15. The number of nitrogens with one attached hydrogen (secondary N) is 1.